The largest absolute Gasteiger partial charge is 0.245 e. The monoisotopic (exact) mass is 122 g/mol. The number of aromatic nitrogens is 2. The summed E-state index contributed by atoms with van der Waals surface area (Å²) in [5.41, 5.74) is 0. The van der Waals surface area contributed by atoms with E-state index in [1.807, 2.05) is 0 Å². The molecule has 2 N–H and O–H groups in total. The minimum atomic E-state index is 0. The first-order valence-electron chi connectivity index (χ1n) is 1.70. The van der Waals surface area contributed by atoms with Gasteiger partial charge in [-0.05, 0) is 6.07 Å². The zero-order valence-corrected chi connectivity index (χ0v) is 3.70. The van der Waals surface area contributed by atoms with E-state index in [0.717, 1.165) is 0 Å². The number of hydrogen-bond acceptors (Lipinski definition) is 2. The van der Waals surface area contributed by atoms with E-state index in [1.165, 1.54) is 6.33 Å². The van der Waals surface area contributed by atoms with Crippen molar-refractivity contribution in [2.45, 2.75) is 0 Å². The molecule has 0 radical (unpaired) electrons. The predicted octanol–water partition coefficient (Wildman–Crippen LogP) is -0.997. The van der Waals surface area contributed by atoms with E-state index in [4.69, 9.17) is 0 Å². The third-order valence-electron chi connectivity index (χ3n) is 0.478. The molecular weight excluding hydrogens is 115 g/mol. The molecule has 0 atom stereocenters. The van der Waals surface area contributed by atoms with Crippen LogP contribution in [0.2, 0.25) is 0 Å². The molecule has 0 aliphatic rings. The van der Waals surface area contributed by atoms with Crippen LogP contribution in [0.5, 0.6) is 0 Å². The smallest absolute Gasteiger partial charge is 0.115 e. The van der Waals surface area contributed by atoms with Gasteiger partial charge in [0.25, 0.3) is 0 Å². The normalized spacial score (nSPS) is 6.00. The first-order chi connectivity index (χ1) is 3.00. The van der Waals surface area contributed by atoms with Crippen LogP contribution in [-0.2, 0) is 0 Å². The molecule has 0 saturated heterocycles. The van der Waals surface area contributed by atoms with Crippen molar-refractivity contribution in [2.24, 2.45) is 0 Å². The average molecular weight is 122 g/mol. The molecule has 40 valence electrons. The van der Waals surface area contributed by atoms with E-state index in [2.05, 4.69) is 9.97 Å². The van der Waals surface area contributed by atoms with Crippen LogP contribution in [0.15, 0.2) is 24.8 Å². The fourth-order valence-electron chi connectivity index (χ4n) is 0.253. The minimum absolute atomic E-state index is 0. The Morgan fingerprint density at radius 3 is 1.62 bits per heavy atom. The molecule has 1 aromatic heterocycles. The van der Waals surface area contributed by atoms with Gasteiger partial charge in [-0.15, -0.1) is 0 Å². The van der Waals surface area contributed by atoms with E-state index < -0.39 is 0 Å². The zero-order valence-electron chi connectivity index (χ0n) is 3.70. The third kappa shape index (κ3) is 4.21. The second-order valence-electron chi connectivity index (χ2n) is 0.904. The van der Waals surface area contributed by atoms with Gasteiger partial charge in [0.05, 0.1) is 0 Å². The van der Waals surface area contributed by atoms with Gasteiger partial charge in [0.15, 0.2) is 0 Å². The van der Waals surface area contributed by atoms with Crippen LogP contribution in [0.4, 0.5) is 0 Å². The van der Waals surface area contributed by atoms with Gasteiger partial charge >= 0.3 is 29.6 Å². The predicted molar refractivity (Wildman–Crippen MR) is 32.8 cm³/mol. The number of nitrogens with zero attached hydrogens (tertiary/aromatic N) is 2. The SMILES string of the molecule is O.[NaH].c1cncnc1. The van der Waals surface area contributed by atoms with Gasteiger partial charge in [-0.2, -0.15) is 0 Å². The topological polar surface area (TPSA) is 57.3 Å². The van der Waals surface area contributed by atoms with E-state index in [-0.39, 0.29) is 35.0 Å². The molecule has 4 heteroatoms. The fraction of sp³-hybridized carbons (Fsp3) is 0. The van der Waals surface area contributed by atoms with Gasteiger partial charge in [-0.1, -0.05) is 0 Å². The molecule has 0 bridgehead atoms. The van der Waals surface area contributed by atoms with Crippen LogP contribution in [0.1, 0.15) is 0 Å². The van der Waals surface area contributed by atoms with Crippen molar-refractivity contribution in [2.75, 3.05) is 0 Å². The number of hydrogen-bond donors (Lipinski definition) is 0. The van der Waals surface area contributed by atoms with E-state index in [9.17, 15) is 0 Å². The zero-order chi connectivity index (χ0) is 4.24. The van der Waals surface area contributed by atoms with Crippen LogP contribution in [0.3, 0.4) is 0 Å². The Balaban J connectivity index is 0. The molecular formula is C4H7N2NaO. The third-order valence-corrected chi connectivity index (χ3v) is 0.478. The molecule has 0 aliphatic carbocycles. The Hall–Kier alpha value is 0.0400. The van der Waals surface area contributed by atoms with Gasteiger partial charge < -0.3 is 5.48 Å². The van der Waals surface area contributed by atoms with Crippen molar-refractivity contribution >= 4 is 29.6 Å². The fourth-order valence-corrected chi connectivity index (χ4v) is 0.253. The summed E-state index contributed by atoms with van der Waals surface area (Å²) in [5, 5.41) is 0. The summed E-state index contributed by atoms with van der Waals surface area (Å²) in [6.45, 7) is 0. The Kier molecular flexibility index (Phi) is 9.61. The second-order valence-corrected chi connectivity index (χ2v) is 0.904. The summed E-state index contributed by atoms with van der Waals surface area (Å²) in [6.07, 6.45) is 4.88. The van der Waals surface area contributed by atoms with Crippen molar-refractivity contribution < 1.29 is 5.48 Å². The van der Waals surface area contributed by atoms with Crippen molar-refractivity contribution in [1.29, 1.82) is 0 Å². The van der Waals surface area contributed by atoms with Crippen molar-refractivity contribution in [3.63, 3.8) is 0 Å². The number of rotatable bonds is 0. The van der Waals surface area contributed by atoms with Gasteiger partial charge in [0, 0.05) is 12.4 Å². The summed E-state index contributed by atoms with van der Waals surface area (Å²) in [6, 6.07) is 1.78. The first kappa shape index (κ1) is 10.9. The van der Waals surface area contributed by atoms with E-state index in [1.54, 1.807) is 18.5 Å². The molecule has 0 spiro atoms. The summed E-state index contributed by atoms with van der Waals surface area (Å²) >= 11 is 0. The Morgan fingerprint density at radius 2 is 1.50 bits per heavy atom. The van der Waals surface area contributed by atoms with Gasteiger partial charge in [-0.25, -0.2) is 9.97 Å². The molecule has 1 heterocycles. The first-order valence-corrected chi connectivity index (χ1v) is 1.70. The Bertz CT molecular complexity index is 86.0. The molecule has 8 heavy (non-hydrogen) atoms. The van der Waals surface area contributed by atoms with E-state index in [0.29, 0.717) is 0 Å². The Labute approximate surface area is 69.8 Å². The van der Waals surface area contributed by atoms with Gasteiger partial charge in [0.2, 0.25) is 0 Å². The molecule has 0 aromatic carbocycles. The van der Waals surface area contributed by atoms with Crippen LogP contribution in [0, 0.1) is 0 Å². The van der Waals surface area contributed by atoms with Crippen molar-refractivity contribution in [3.8, 4) is 0 Å². The molecule has 1 rings (SSSR count). The molecule has 0 fully saturated rings. The molecule has 0 unspecified atom stereocenters. The maximum absolute atomic E-state index is 3.67. The van der Waals surface area contributed by atoms with Crippen molar-refractivity contribution in [3.05, 3.63) is 24.8 Å². The van der Waals surface area contributed by atoms with Crippen molar-refractivity contribution in [1.82, 2.24) is 9.97 Å². The molecule has 0 amide bonds. The van der Waals surface area contributed by atoms with Gasteiger partial charge in [0.1, 0.15) is 6.33 Å². The molecule has 0 saturated carbocycles. The van der Waals surface area contributed by atoms with Crippen LogP contribution >= 0.6 is 0 Å². The van der Waals surface area contributed by atoms with Gasteiger partial charge in [-0.3, -0.25) is 0 Å². The van der Waals surface area contributed by atoms with E-state index >= 15 is 0 Å². The summed E-state index contributed by atoms with van der Waals surface area (Å²) < 4.78 is 0. The Morgan fingerprint density at radius 1 is 1.00 bits per heavy atom. The maximum Gasteiger partial charge on any atom is 0.115 e. The minimum Gasteiger partial charge on any atom is -0.245 e. The summed E-state index contributed by atoms with van der Waals surface area (Å²) in [4.78, 5) is 7.35. The van der Waals surface area contributed by atoms with Crippen LogP contribution in [-0.4, -0.2) is 45.0 Å². The molecule has 0 aliphatic heterocycles. The average Bonchev–Trinajstić information content (AvgIpc) is 1.72. The molecule has 1 aromatic rings. The summed E-state index contributed by atoms with van der Waals surface area (Å²) in [5.74, 6) is 0. The quantitative estimate of drug-likeness (QED) is 0.414. The standard InChI is InChI=1S/C4H4N2.Na.H2O.H/c1-2-5-4-6-3-1;;;/h1-4H;;1H2;. The van der Waals surface area contributed by atoms with Crippen LogP contribution < -0.4 is 0 Å². The van der Waals surface area contributed by atoms with Crippen LogP contribution in [0.25, 0.3) is 0 Å². The molecule has 3 nitrogen and oxygen atoms in total. The maximum atomic E-state index is 3.67. The second kappa shape index (κ2) is 7.04. The summed E-state index contributed by atoms with van der Waals surface area (Å²) in [7, 11) is 0.